The Labute approximate surface area is 185 Å². The molecule has 10 heteroatoms. The number of aromatic nitrogens is 2. The Hall–Kier alpha value is -3.27. The Morgan fingerprint density at radius 2 is 1.84 bits per heavy atom. The second-order valence-electron chi connectivity index (χ2n) is 7.56. The third-order valence-electron chi connectivity index (χ3n) is 5.15. The summed E-state index contributed by atoms with van der Waals surface area (Å²) in [5.41, 5.74) is 0.115. The lowest BCUT2D eigenvalue weighted by Gasteiger charge is -2.33. The van der Waals surface area contributed by atoms with E-state index >= 15 is 0 Å². The lowest BCUT2D eigenvalue weighted by molar-refractivity contribution is 0.170. The normalized spacial score (nSPS) is 14.9. The van der Waals surface area contributed by atoms with E-state index in [4.69, 9.17) is 4.74 Å². The highest BCUT2D eigenvalue weighted by molar-refractivity contribution is 7.90. The zero-order valence-corrected chi connectivity index (χ0v) is 18.1. The van der Waals surface area contributed by atoms with Crippen molar-refractivity contribution < 1.29 is 21.9 Å². The minimum Gasteiger partial charge on any atom is -0.490 e. The number of ether oxygens (including phenoxy) is 1. The molecule has 1 aromatic heterocycles. The van der Waals surface area contributed by atoms with Crippen LogP contribution in [-0.4, -0.2) is 43.8 Å². The smallest absolute Gasteiger partial charge is 0.175 e. The standard InChI is InChI=1S/C22H22F2N4O3S/c1-32(29,30)18-5-6-20(19(24)12-18)27-21-13-22(26-14-25-21)28-9-7-16(8-10-28)31-17-4-2-3-15(23)11-17/h2-6,11-14,16H,7-10H2,1H3,(H,25,26,27). The van der Waals surface area contributed by atoms with Gasteiger partial charge in [0.1, 0.15) is 41.5 Å². The highest BCUT2D eigenvalue weighted by Gasteiger charge is 2.22. The number of halogens is 2. The molecule has 168 valence electrons. The van der Waals surface area contributed by atoms with Crippen LogP contribution in [0.15, 0.2) is 59.8 Å². The van der Waals surface area contributed by atoms with Crippen molar-refractivity contribution in [2.75, 3.05) is 29.6 Å². The molecule has 0 atom stereocenters. The molecule has 1 N–H and O–H groups in total. The van der Waals surface area contributed by atoms with Crippen LogP contribution in [0, 0.1) is 11.6 Å². The van der Waals surface area contributed by atoms with Crippen molar-refractivity contribution in [3.63, 3.8) is 0 Å². The molecule has 7 nitrogen and oxygen atoms in total. The third-order valence-corrected chi connectivity index (χ3v) is 6.26. The molecule has 3 aromatic rings. The largest absolute Gasteiger partial charge is 0.490 e. The van der Waals surface area contributed by atoms with E-state index in [1.165, 1.54) is 30.6 Å². The van der Waals surface area contributed by atoms with Crippen molar-refractivity contribution in [1.29, 1.82) is 0 Å². The van der Waals surface area contributed by atoms with Crippen molar-refractivity contribution in [3.05, 3.63) is 66.5 Å². The van der Waals surface area contributed by atoms with Crippen molar-refractivity contribution in [1.82, 2.24) is 9.97 Å². The number of anilines is 3. The average molecular weight is 461 g/mol. The van der Waals surface area contributed by atoms with Crippen molar-refractivity contribution >= 4 is 27.2 Å². The number of hydrogen-bond acceptors (Lipinski definition) is 7. The molecule has 4 rings (SSSR count). The molecule has 2 aromatic carbocycles. The van der Waals surface area contributed by atoms with E-state index in [1.807, 2.05) is 0 Å². The SMILES string of the molecule is CS(=O)(=O)c1ccc(Nc2cc(N3CCC(Oc4cccc(F)c4)CC3)ncn2)c(F)c1. The number of sulfone groups is 1. The maximum atomic E-state index is 14.4. The van der Waals surface area contributed by atoms with Crippen LogP contribution in [0.2, 0.25) is 0 Å². The first-order valence-electron chi connectivity index (χ1n) is 10.0. The van der Waals surface area contributed by atoms with Crippen LogP contribution in [0.3, 0.4) is 0 Å². The van der Waals surface area contributed by atoms with E-state index in [9.17, 15) is 17.2 Å². The zero-order valence-electron chi connectivity index (χ0n) is 17.3. The number of rotatable bonds is 6. The van der Waals surface area contributed by atoms with Gasteiger partial charge in [0.15, 0.2) is 9.84 Å². The van der Waals surface area contributed by atoms with Gasteiger partial charge in [-0.1, -0.05) is 6.07 Å². The molecular weight excluding hydrogens is 438 g/mol. The van der Waals surface area contributed by atoms with Gasteiger partial charge in [0.05, 0.1) is 10.6 Å². The first kappa shape index (κ1) is 21.9. The molecule has 1 aliphatic heterocycles. The summed E-state index contributed by atoms with van der Waals surface area (Å²) in [5.74, 6) is 0.562. The Balaban J connectivity index is 1.39. The van der Waals surface area contributed by atoms with E-state index in [1.54, 1.807) is 18.2 Å². The van der Waals surface area contributed by atoms with Gasteiger partial charge < -0.3 is 15.0 Å². The van der Waals surface area contributed by atoms with E-state index in [2.05, 4.69) is 20.2 Å². The fourth-order valence-electron chi connectivity index (χ4n) is 3.49. The maximum Gasteiger partial charge on any atom is 0.175 e. The van der Waals surface area contributed by atoms with Crippen molar-refractivity contribution in [3.8, 4) is 5.75 Å². The van der Waals surface area contributed by atoms with Crippen molar-refractivity contribution in [2.24, 2.45) is 0 Å². The zero-order chi connectivity index (χ0) is 22.7. The number of benzene rings is 2. The van der Waals surface area contributed by atoms with E-state index in [0.717, 1.165) is 25.2 Å². The Morgan fingerprint density at radius 3 is 2.53 bits per heavy atom. The highest BCUT2D eigenvalue weighted by Crippen LogP contribution is 2.26. The quantitative estimate of drug-likeness (QED) is 0.596. The molecule has 0 amide bonds. The first-order valence-corrected chi connectivity index (χ1v) is 11.9. The van der Waals surface area contributed by atoms with Crippen molar-refractivity contribution in [2.45, 2.75) is 23.8 Å². The lowest BCUT2D eigenvalue weighted by Crippen LogP contribution is -2.38. The molecule has 0 aliphatic carbocycles. The predicted octanol–water partition coefficient (Wildman–Crippen LogP) is 3.95. The fourth-order valence-corrected chi connectivity index (χ4v) is 4.12. The van der Waals surface area contributed by atoms with Crippen LogP contribution in [-0.2, 0) is 9.84 Å². The van der Waals surface area contributed by atoms with E-state index < -0.39 is 15.7 Å². The minimum atomic E-state index is -3.49. The number of hydrogen-bond donors (Lipinski definition) is 1. The molecule has 0 unspecified atom stereocenters. The summed E-state index contributed by atoms with van der Waals surface area (Å²) in [5, 5.41) is 2.87. The van der Waals surface area contributed by atoms with Gasteiger partial charge in [-0.2, -0.15) is 0 Å². The summed E-state index contributed by atoms with van der Waals surface area (Å²) in [4.78, 5) is 10.4. The first-order chi connectivity index (χ1) is 15.3. The van der Waals surface area contributed by atoms with Gasteiger partial charge >= 0.3 is 0 Å². The summed E-state index contributed by atoms with van der Waals surface area (Å²) in [6.07, 6.45) is 3.87. The van der Waals surface area contributed by atoms with Gasteiger partial charge in [-0.25, -0.2) is 27.2 Å². The predicted molar refractivity (Wildman–Crippen MR) is 117 cm³/mol. The van der Waals surface area contributed by atoms with Crippen LogP contribution in [0.1, 0.15) is 12.8 Å². The number of nitrogens with one attached hydrogen (secondary N) is 1. The van der Waals surface area contributed by atoms with Gasteiger partial charge in [-0.3, -0.25) is 0 Å². The van der Waals surface area contributed by atoms with E-state index in [-0.39, 0.29) is 22.5 Å². The van der Waals surface area contributed by atoms with E-state index in [0.29, 0.717) is 30.5 Å². The molecule has 2 heterocycles. The summed E-state index contributed by atoms with van der Waals surface area (Å²) >= 11 is 0. The molecule has 0 radical (unpaired) electrons. The summed E-state index contributed by atoms with van der Waals surface area (Å²) < 4.78 is 56.7. The highest BCUT2D eigenvalue weighted by atomic mass is 32.2. The monoisotopic (exact) mass is 460 g/mol. The Kier molecular flexibility index (Phi) is 6.22. The average Bonchev–Trinajstić information content (AvgIpc) is 2.75. The second-order valence-corrected chi connectivity index (χ2v) is 9.58. The summed E-state index contributed by atoms with van der Waals surface area (Å²) in [6, 6.07) is 11.5. The van der Waals surface area contributed by atoms with Crippen LogP contribution in [0.25, 0.3) is 0 Å². The maximum absolute atomic E-state index is 14.4. The second kappa shape index (κ2) is 9.07. The van der Waals surface area contributed by atoms with Crippen LogP contribution in [0.5, 0.6) is 5.75 Å². The molecule has 32 heavy (non-hydrogen) atoms. The summed E-state index contributed by atoms with van der Waals surface area (Å²) in [6.45, 7) is 1.38. The fraction of sp³-hybridized carbons (Fsp3) is 0.273. The van der Waals surface area contributed by atoms with Gasteiger partial charge in [0.25, 0.3) is 0 Å². The Bertz CT molecular complexity index is 1220. The Morgan fingerprint density at radius 1 is 1.06 bits per heavy atom. The molecule has 0 spiro atoms. The van der Waals surface area contributed by atoms with Gasteiger partial charge in [0.2, 0.25) is 0 Å². The molecule has 1 saturated heterocycles. The van der Waals surface area contributed by atoms with Crippen LogP contribution in [0.4, 0.5) is 26.1 Å². The third kappa shape index (κ3) is 5.31. The molecule has 1 fully saturated rings. The molecule has 0 saturated carbocycles. The van der Waals surface area contributed by atoms with Gasteiger partial charge in [0, 0.05) is 44.3 Å². The van der Waals surface area contributed by atoms with Crippen LogP contribution < -0.4 is 15.0 Å². The van der Waals surface area contributed by atoms with Gasteiger partial charge in [-0.05, 0) is 30.3 Å². The number of piperidine rings is 1. The lowest BCUT2D eigenvalue weighted by atomic mass is 10.1. The molecular formula is C22H22F2N4O3S. The van der Waals surface area contributed by atoms with Crippen LogP contribution >= 0.6 is 0 Å². The number of nitrogens with zero attached hydrogens (tertiary/aromatic N) is 3. The van der Waals surface area contributed by atoms with Gasteiger partial charge in [-0.15, -0.1) is 0 Å². The minimum absolute atomic E-state index is 0.0186. The molecule has 1 aliphatic rings. The summed E-state index contributed by atoms with van der Waals surface area (Å²) in [7, 11) is -3.49. The molecule has 0 bridgehead atoms. The topological polar surface area (TPSA) is 84.4 Å².